The van der Waals surface area contributed by atoms with Crippen molar-refractivity contribution in [2.75, 3.05) is 16.2 Å². The van der Waals surface area contributed by atoms with Crippen molar-refractivity contribution in [3.05, 3.63) is 71.2 Å². The topological polar surface area (TPSA) is 79.4 Å². The molecule has 1 heterocycles. The van der Waals surface area contributed by atoms with Crippen LogP contribution in [0, 0.1) is 0 Å². The number of nitrogens with one attached hydrogen (secondary N) is 1. The molecule has 1 amide bonds. The van der Waals surface area contributed by atoms with Crippen LogP contribution in [0.2, 0.25) is 0 Å². The smallest absolute Gasteiger partial charge is 0.266 e. The average Bonchev–Trinajstić information content (AvgIpc) is 3.26. The van der Waals surface area contributed by atoms with Gasteiger partial charge in [-0.1, -0.05) is 64.1 Å². The zero-order chi connectivity index (χ0) is 22.6. The van der Waals surface area contributed by atoms with E-state index in [1.165, 1.54) is 29.7 Å². The van der Waals surface area contributed by atoms with Gasteiger partial charge in [-0.25, -0.2) is 17.7 Å². The lowest BCUT2D eigenvalue weighted by molar-refractivity contribution is -0.114. The van der Waals surface area contributed by atoms with E-state index in [2.05, 4.69) is 38.0 Å². The molecule has 0 aliphatic heterocycles. The maximum absolute atomic E-state index is 13.3. The molecule has 6 nitrogen and oxygen atoms in total. The number of benzene rings is 2. The second-order valence-electron chi connectivity index (χ2n) is 7.81. The molecule has 8 heteroatoms. The van der Waals surface area contributed by atoms with E-state index < -0.39 is 15.9 Å². The highest BCUT2D eigenvalue weighted by Gasteiger charge is 2.29. The molecule has 0 saturated carbocycles. The molecule has 0 atom stereocenters. The molecule has 0 saturated heterocycles. The van der Waals surface area contributed by atoms with E-state index in [-0.39, 0.29) is 28.4 Å². The van der Waals surface area contributed by atoms with Crippen LogP contribution in [0.5, 0.6) is 0 Å². The number of hydrogen-bond acceptors (Lipinski definition) is 5. The first-order chi connectivity index (χ1) is 14.7. The Morgan fingerprint density at radius 2 is 1.61 bits per heavy atom. The molecule has 0 bridgehead atoms. The van der Waals surface area contributed by atoms with Gasteiger partial charge in [-0.2, -0.15) is 0 Å². The Balaban J connectivity index is 1.95. The standard InChI is InChI=1S/C23H27N3O3S2/c1-16(2)19-11-8-12-20(17(3)4)22(19)25-21(27)15-26(23-24-13-14-30-23)31(28,29)18-9-6-5-7-10-18/h5-14,16-17H,15H2,1-4H3,(H,25,27). The van der Waals surface area contributed by atoms with Crippen LogP contribution in [0.1, 0.15) is 50.7 Å². The van der Waals surface area contributed by atoms with Crippen molar-refractivity contribution >= 4 is 38.1 Å². The quantitative estimate of drug-likeness (QED) is 0.503. The van der Waals surface area contributed by atoms with Gasteiger partial charge in [0.15, 0.2) is 5.13 Å². The lowest BCUT2D eigenvalue weighted by atomic mass is 9.92. The number of thiazole rings is 1. The second kappa shape index (κ2) is 9.62. The third-order valence-corrected chi connectivity index (χ3v) is 7.55. The van der Waals surface area contributed by atoms with E-state index in [0.29, 0.717) is 0 Å². The number of rotatable bonds is 8. The van der Waals surface area contributed by atoms with Gasteiger partial charge in [0.25, 0.3) is 10.0 Å². The summed E-state index contributed by atoms with van der Waals surface area (Å²) in [6, 6.07) is 14.0. The number of nitrogens with zero attached hydrogens (tertiary/aromatic N) is 2. The highest BCUT2D eigenvalue weighted by Crippen LogP contribution is 2.33. The van der Waals surface area contributed by atoms with Crippen LogP contribution in [-0.4, -0.2) is 25.9 Å². The van der Waals surface area contributed by atoms with Gasteiger partial charge in [0.2, 0.25) is 5.91 Å². The Morgan fingerprint density at radius 1 is 1.00 bits per heavy atom. The lowest BCUT2D eigenvalue weighted by Gasteiger charge is -2.23. The van der Waals surface area contributed by atoms with E-state index in [1.807, 2.05) is 18.2 Å². The number of carbonyl (C=O) groups is 1. The molecule has 1 N–H and O–H groups in total. The van der Waals surface area contributed by atoms with E-state index in [9.17, 15) is 13.2 Å². The van der Waals surface area contributed by atoms with E-state index >= 15 is 0 Å². The van der Waals surface area contributed by atoms with Crippen molar-refractivity contribution in [2.24, 2.45) is 0 Å². The van der Waals surface area contributed by atoms with Gasteiger partial charge in [0.05, 0.1) is 4.90 Å². The van der Waals surface area contributed by atoms with Crippen molar-refractivity contribution in [3.63, 3.8) is 0 Å². The number of sulfonamides is 1. The largest absolute Gasteiger partial charge is 0.324 e. The van der Waals surface area contributed by atoms with Crippen LogP contribution in [0.4, 0.5) is 10.8 Å². The van der Waals surface area contributed by atoms with Gasteiger partial charge in [-0.15, -0.1) is 11.3 Å². The summed E-state index contributed by atoms with van der Waals surface area (Å²) in [7, 11) is -3.94. The molecule has 0 aliphatic carbocycles. The molecular weight excluding hydrogens is 430 g/mol. The molecule has 0 aliphatic rings. The zero-order valence-electron chi connectivity index (χ0n) is 18.1. The maximum Gasteiger partial charge on any atom is 0.266 e. The van der Waals surface area contributed by atoms with Gasteiger partial charge < -0.3 is 5.32 Å². The van der Waals surface area contributed by atoms with E-state index in [0.717, 1.165) is 21.1 Å². The fourth-order valence-corrected chi connectivity index (χ4v) is 5.59. The number of carbonyl (C=O) groups excluding carboxylic acids is 1. The van der Waals surface area contributed by atoms with Gasteiger partial charge in [0.1, 0.15) is 6.54 Å². The van der Waals surface area contributed by atoms with Crippen molar-refractivity contribution in [2.45, 2.75) is 44.4 Å². The van der Waals surface area contributed by atoms with Crippen LogP contribution >= 0.6 is 11.3 Å². The van der Waals surface area contributed by atoms with Crippen LogP contribution in [-0.2, 0) is 14.8 Å². The van der Waals surface area contributed by atoms with Gasteiger partial charge in [0, 0.05) is 17.3 Å². The highest BCUT2D eigenvalue weighted by atomic mass is 32.2. The highest BCUT2D eigenvalue weighted by molar-refractivity contribution is 7.93. The second-order valence-corrected chi connectivity index (χ2v) is 10.5. The Kier molecular flexibility index (Phi) is 7.12. The number of aromatic nitrogens is 1. The minimum atomic E-state index is -3.94. The Labute approximate surface area is 188 Å². The predicted octanol–water partition coefficient (Wildman–Crippen LogP) is 5.22. The van der Waals surface area contributed by atoms with Gasteiger partial charge in [-0.05, 0) is 35.1 Å². The first kappa shape index (κ1) is 23.0. The summed E-state index contributed by atoms with van der Waals surface area (Å²) in [5, 5.41) is 4.93. The maximum atomic E-state index is 13.3. The monoisotopic (exact) mass is 457 g/mol. The van der Waals surface area contributed by atoms with Crippen LogP contribution in [0.25, 0.3) is 0 Å². The molecule has 1 aromatic heterocycles. The van der Waals surface area contributed by atoms with Crippen molar-refractivity contribution in [1.82, 2.24) is 4.98 Å². The summed E-state index contributed by atoms with van der Waals surface area (Å²) in [4.78, 5) is 17.4. The van der Waals surface area contributed by atoms with Crippen LogP contribution in [0.15, 0.2) is 65.0 Å². The number of para-hydroxylation sites is 1. The van der Waals surface area contributed by atoms with E-state index in [4.69, 9.17) is 0 Å². The predicted molar refractivity (Wildman–Crippen MR) is 126 cm³/mol. The lowest BCUT2D eigenvalue weighted by Crippen LogP contribution is -2.38. The molecule has 0 fully saturated rings. The fourth-order valence-electron chi connectivity index (χ4n) is 3.32. The Morgan fingerprint density at radius 3 is 2.13 bits per heavy atom. The summed E-state index contributed by atoms with van der Waals surface area (Å²) in [6.45, 7) is 7.90. The molecule has 31 heavy (non-hydrogen) atoms. The SMILES string of the molecule is CC(C)c1cccc(C(C)C)c1NC(=O)CN(c1nccs1)S(=O)(=O)c1ccccc1. The van der Waals surface area contributed by atoms with Crippen molar-refractivity contribution < 1.29 is 13.2 Å². The summed E-state index contributed by atoms with van der Waals surface area (Å²) in [5.41, 5.74) is 2.80. The van der Waals surface area contributed by atoms with Crippen LogP contribution in [0.3, 0.4) is 0 Å². The van der Waals surface area contributed by atoms with Crippen molar-refractivity contribution in [3.8, 4) is 0 Å². The minimum absolute atomic E-state index is 0.114. The fraction of sp³-hybridized carbons (Fsp3) is 0.304. The summed E-state index contributed by atoms with van der Waals surface area (Å²) >= 11 is 1.17. The molecule has 164 valence electrons. The minimum Gasteiger partial charge on any atom is -0.324 e. The zero-order valence-corrected chi connectivity index (χ0v) is 19.7. The molecule has 3 rings (SSSR count). The molecule has 0 spiro atoms. The van der Waals surface area contributed by atoms with Gasteiger partial charge in [-0.3, -0.25) is 4.79 Å². The molecule has 0 radical (unpaired) electrons. The number of amides is 1. The average molecular weight is 458 g/mol. The molecule has 3 aromatic rings. The molecular formula is C23H27N3O3S2. The Hall–Kier alpha value is -2.71. The summed E-state index contributed by atoms with van der Waals surface area (Å²) < 4.78 is 27.6. The third kappa shape index (κ3) is 5.14. The van der Waals surface area contributed by atoms with Gasteiger partial charge >= 0.3 is 0 Å². The number of hydrogen-bond donors (Lipinski definition) is 1. The summed E-state index contributed by atoms with van der Waals surface area (Å²) in [5.74, 6) is -0.000981. The molecule has 0 unspecified atom stereocenters. The van der Waals surface area contributed by atoms with Crippen molar-refractivity contribution in [1.29, 1.82) is 0 Å². The first-order valence-electron chi connectivity index (χ1n) is 10.1. The summed E-state index contributed by atoms with van der Waals surface area (Å²) in [6.07, 6.45) is 1.52. The molecule has 2 aromatic carbocycles. The Bertz CT molecular complexity index is 1100. The first-order valence-corrected chi connectivity index (χ1v) is 12.4. The van der Waals surface area contributed by atoms with Crippen LogP contribution < -0.4 is 9.62 Å². The third-order valence-electron chi connectivity index (χ3n) is 4.89. The normalized spacial score (nSPS) is 11.7. The van der Waals surface area contributed by atoms with E-state index in [1.54, 1.807) is 23.6 Å². The number of anilines is 2.